The van der Waals surface area contributed by atoms with Crippen molar-refractivity contribution >= 4 is 34.4 Å². The molecule has 122 valence electrons. The number of nitrogens with one attached hydrogen (secondary N) is 1. The van der Waals surface area contributed by atoms with E-state index in [4.69, 9.17) is 11.6 Å². The van der Waals surface area contributed by atoms with Crippen LogP contribution in [0.15, 0.2) is 42.9 Å². The molecule has 0 atom stereocenters. The van der Waals surface area contributed by atoms with Crippen molar-refractivity contribution in [2.24, 2.45) is 0 Å². The predicted molar refractivity (Wildman–Crippen MR) is 93.5 cm³/mol. The number of aromatic amines is 1. The maximum absolute atomic E-state index is 12.6. The van der Waals surface area contributed by atoms with E-state index in [1.807, 2.05) is 17.2 Å². The zero-order valence-corrected chi connectivity index (χ0v) is 13.7. The molecule has 1 amide bonds. The predicted octanol–water partition coefficient (Wildman–Crippen LogP) is 2.57. The lowest BCUT2D eigenvalue weighted by Gasteiger charge is -2.35. The third kappa shape index (κ3) is 2.69. The number of H-pyrrole nitrogens is 1. The Kier molecular flexibility index (Phi) is 3.82. The molecule has 1 fully saturated rings. The molecule has 0 bridgehead atoms. The van der Waals surface area contributed by atoms with Gasteiger partial charge in [0.05, 0.1) is 5.39 Å². The highest BCUT2D eigenvalue weighted by molar-refractivity contribution is 6.30. The van der Waals surface area contributed by atoms with Crippen LogP contribution in [0.4, 0.5) is 5.82 Å². The van der Waals surface area contributed by atoms with Crippen LogP contribution in [-0.4, -0.2) is 51.9 Å². The summed E-state index contributed by atoms with van der Waals surface area (Å²) in [6, 6.07) is 9.06. The lowest BCUT2D eigenvalue weighted by atomic mass is 10.2. The topological polar surface area (TPSA) is 65.1 Å². The number of aromatic nitrogens is 3. The number of carbonyl (C=O) groups excluding carboxylic acids is 1. The molecule has 3 heterocycles. The van der Waals surface area contributed by atoms with Crippen molar-refractivity contribution in [3.63, 3.8) is 0 Å². The zero-order valence-electron chi connectivity index (χ0n) is 12.9. The molecule has 1 aliphatic rings. The van der Waals surface area contributed by atoms with Gasteiger partial charge in [-0.2, -0.15) is 0 Å². The summed E-state index contributed by atoms with van der Waals surface area (Å²) >= 11 is 5.98. The summed E-state index contributed by atoms with van der Waals surface area (Å²) in [4.78, 5) is 28.4. The second kappa shape index (κ2) is 6.13. The maximum Gasteiger partial charge on any atom is 0.254 e. The Morgan fingerprint density at radius 1 is 1.12 bits per heavy atom. The van der Waals surface area contributed by atoms with Crippen molar-refractivity contribution in [3.8, 4) is 0 Å². The van der Waals surface area contributed by atoms with Crippen molar-refractivity contribution in [3.05, 3.63) is 53.4 Å². The number of amides is 1. The van der Waals surface area contributed by atoms with E-state index in [2.05, 4.69) is 19.9 Å². The van der Waals surface area contributed by atoms with E-state index < -0.39 is 0 Å². The van der Waals surface area contributed by atoms with Crippen molar-refractivity contribution in [1.29, 1.82) is 0 Å². The van der Waals surface area contributed by atoms with Crippen molar-refractivity contribution in [1.82, 2.24) is 19.9 Å². The Hall–Kier alpha value is -2.60. The van der Waals surface area contributed by atoms with Crippen LogP contribution in [0.1, 0.15) is 10.4 Å². The Labute approximate surface area is 144 Å². The van der Waals surface area contributed by atoms with Crippen LogP contribution in [-0.2, 0) is 0 Å². The summed E-state index contributed by atoms with van der Waals surface area (Å²) < 4.78 is 0. The highest BCUT2D eigenvalue weighted by Crippen LogP contribution is 2.23. The molecule has 0 radical (unpaired) electrons. The van der Waals surface area contributed by atoms with Crippen LogP contribution in [0.5, 0.6) is 0 Å². The summed E-state index contributed by atoms with van der Waals surface area (Å²) in [6.45, 7) is 2.79. The molecular weight excluding hydrogens is 326 g/mol. The van der Waals surface area contributed by atoms with Gasteiger partial charge < -0.3 is 14.8 Å². The van der Waals surface area contributed by atoms with E-state index in [-0.39, 0.29) is 5.91 Å². The third-order valence-electron chi connectivity index (χ3n) is 4.27. The van der Waals surface area contributed by atoms with Crippen molar-refractivity contribution in [2.75, 3.05) is 31.1 Å². The van der Waals surface area contributed by atoms with Gasteiger partial charge >= 0.3 is 0 Å². The number of nitrogens with zero attached hydrogens (tertiary/aromatic N) is 4. The summed E-state index contributed by atoms with van der Waals surface area (Å²) in [7, 11) is 0. The van der Waals surface area contributed by atoms with Gasteiger partial charge in [0.15, 0.2) is 0 Å². The van der Waals surface area contributed by atoms with Gasteiger partial charge in [-0.05, 0) is 24.3 Å². The fourth-order valence-electron chi connectivity index (χ4n) is 3.04. The first-order chi connectivity index (χ1) is 11.7. The summed E-state index contributed by atoms with van der Waals surface area (Å²) in [5.74, 6) is 0.933. The first-order valence-electron chi connectivity index (χ1n) is 7.80. The molecular formula is C17H16ClN5O. The van der Waals surface area contributed by atoms with Gasteiger partial charge in [0, 0.05) is 43.0 Å². The maximum atomic E-state index is 12.6. The Morgan fingerprint density at radius 3 is 2.75 bits per heavy atom. The van der Waals surface area contributed by atoms with Crippen LogP contribution in [0.3, 0.4) is 0 Å². The van der Waals surface area contributed by atoms with Gasteiger partial charge in [-0.1, -0.05) is 17.7 Å². The normalized spacial score (nSPS) is 15.0. The van der Waals surface area contributed by atoms with Crippen molar-refractivity contribution in [2.45, 2.75) is 0 Å². The molecule has 1 aromatic carbocycles. The average molecular weight is 342 g/mol. The molecule has 0 aliphatic carbocycles. The van der Waals surface area contributed by atoms with Gasteiger partial charge in [0.2, 0.25) is 0 Å². The molecule has 3 aromatic rings. The minimum atomic E-state index is 0.0200. The van der Waals surface area contributed by atoms with Gasteiger partial charge in [-0.25, -0.2) is 9.97 Å². The molecule has 0 unspecified atom stereocenters. The van der Waals surface area contributed by atoms with Crippen LogP contribution < -0.4 is 4.90 Å². The monoisotopic (exact) mass is 341 g/mol. The fraction of sp³-hybridized carbons (Fsp3) is 0.235. The van der Waals surface area contributed by atoms with Crippen molar-refractivity contribution < 1.29 is 4.79 Å². The molecule has 1 aliphatic heterocycles. The number of fused-ring (bicyclic) bond motifs is 1. The van der Waals surface area contributed by atoms with E-state index >= 15 is 0 Å². The minimum absolute atomic E-state index is 0.0200. The second-order valence-corrected chi connectivity index (χ2v) is 6.16. The molecule has 1 saturated heterocycles. The SMILES string of the molecule is O=C(c1cccc(Cl)c1)N1CCN(c2ncnc3[nH]ccc23)CC1. The number of anilines is 1. The summed E-state index contributed by atoms with van der Waals surface area (Å²) in [6.07, 6.45) is 3.43. The average Bonchev–Trinajstić information content (AvgIpc) is 3.10. The van der Waals surface area contributed by atoms with Crippen LogP contribution >= 0.6 is 11.6 Å². The number of halogens is 1. The van der Waals surface area contributed by atoms with Crippen LogP contribution in [0.25, 0.3) is 11.0 Å². The first kappa shape index (κ1) is 15.0. The number of piperazine rings is 1. The third-order valence-corrected chi connectivity index (χ3v) is 4.51. The Bertz CT molecular complexity index is 885. The molecule has 6 nitrogen and oxygen atoms in total. The molecule has 0 saturated carbocycles. The highest BCUT2D eigenvalue weighted by Gasteiger charge is 2.24. The number of hydrogen-bond donors (Lipinski definition) is 1. The fourth-order valence-corrected chi connectivity index (χ4v) is 3.23. The number of hydrogen-bond acceptors (Lipinski definition) is 4. The quantitative estimate of drug-likeness (QED) is 0.778. The zero-order chi connectivity index (χ0) is 16.5. The molecule has 4 rings (SSSR count). The second-order valence-electron chi connectivity index (χ2n) is 5.73. The van der Waals surface area contributed by atoms with E-state index in [1.165, 1.54) is 0 Å². The molecule has 1 N–H and O–H groups in total. The molecule has 24 heavy (non-hydrogen) atoms. The van der Waals surface area contributed by atoms with E-state index in [9.17, 15) is 4.79 Å². The standard InChI is InChI=1S/C17H16ClN5O/c18-13-3-1-2-12(10-13)17(24)23-8-6-22(7-9-23)16-14-4-5-19-15(14)20-11-21-16/h1-5,10-11H,6-9H2,(H,19,20,21). The molecule has 7 heteroatoms. The van der Waals surface area contributed by atoms with Crippen LogP contribution in [0.2, 0.25) is 5.02 Å². The van der Waals surface area contributed by atoms with Gasteiger partial charge in [-0.3, -0.25) is 4.79 Å². The summed E-state index contributed by atoms with van der Waals surface area (Å²) in [5.41, 5.74) is 1.46. The summed E-state index contributed by atoms with van der Waals surface area (Å²) in [5, 5.41) is 1.59. The Balaban J connectivity index is 1.49. The lowest BCUT2D eigenvalue weighted by molar-refractivity contribution is 0.0746. The lowest BCUT2D eigenvalue weighted by Crippen LogP contribution is -2.49. The Morgan fingerprint density at radius 2 is 1.96 bits per heavy atom. The first-order valence-corrected chi connectivity index (χ1v) is 8.18. The highest BCUT2D eigenvalue weighted by atomic mass is 35.5. The van der Waals surface area contributed by atoms with E-state index in [0.717, 1.165) is 29.9 Å². The van der Waals surface area contributed by atoms with Gasteiger partial charge in [-0.15, -0.1) is 0 Å². The number of carbonyl (C=O) groups is 1. The van der Waals surface area contributed by atoms with E-state index in [0.29, 0.717) is 23.7 Å². The molecule has 0 spiro atoms. The van der Waals surface area contributed by atoms with Gasteiger partial charge in [0.1, 0.15) is 17.8 Å². The van der Waals surface area contributed by atoms with E-state index in [1.54, 1.807) is 30.6 Å². The van der Waals surface area contributed by atoms with Gasteiger partial charge in [0.25, 0.3) is 5.91 Å². The largest absolute Gasteiger partial charge is 0.352 e. The number of benzene rings is 1. The minimum Gasteiger partial charge on any atom is -0.352 e. The number of rotatable bonds is 2. The smallest absolute Gasteiger partial charge is 0.254 e. The van der Waals surface area contributed by atoms with Crippen LogP contribution in [0, 0.1) is 0 Å². The molecule has 2 aromatic heterocycles.